The molecule has 0 unspecified atom stereocenters. The van der Waals surface area contributed by atoms with Gasteiger partial charge in [-0.15, -0.1) is 0 Å². The van der Waals surface area contributed by atoms with Crippen molar-refractivity contribution in [2.75, 3.05) is 12.4 Å². The van der Waals surface area contributed by atoms with Crippen LogP contribution >= 0.6 is 0 Å². The van der Waals surface area contributed by atoms with Crippen molar-refractivity contribution < 1.29 is 18.8 Å². The monoisotopic (exact) mass is 395 g/mol. The molecule has 1 amide bonds. The second kappa shape index (κ2) is 8.92. The number of nitrogens with one attached hydrogen (secondary N) is 1. The summed E-state index contributed by atoms with van der Waals surface area (Å²) in [6.07, 6.45) is 2.12. The van der Waals surface area contributed by atoms with Crippen LogP contribution in [0.25, 0.3) is 11.1 Å². The van der Waals surface area contributed by atoms with Gasteiger partial charge in [-0.2, -0.15) is 0 Å². The summed E-state index contributed by atoms with van der Waals surface area (Å²) in [6.45, 7) is 0. The number of hydrogen-bond donors (Lipinski definition) is 1. The van der Waals surface area contributed by atoms with E-state index in [0.29, 0.717) is 23.3 Å². The molecule has 0 fully saturated rings. The Morgan fingerprint density at radius 1 is 1.17 bits per heavy atom. The van der Waals surface area contributed by atoms with Gasteiger partial charge in [0.2, 0.25) is 5.91 Å². The predicted octanol–water partition coefficient (Wildman–Crippen LogP) is 4.38. The van der Waals surface area contributed by atoms with E-state index in [1.54, 1.807) is 36.4 Å². The Morgan fingerprint density at radius 3 is 2.62 bits per heavy atom. The Kier molecular flexibility index (Phi) is 6.13. The van der Waals surface area contributed by atoms with Crippen molar-refractivity contribution in [3.05, 3.63) is 82.3 Å². The lowest BCUT2D eigenvalue weighted by Crippen LogP contribution is -2.13. The summed E-state index contributed by atoms with van der Waals surface area (Å²) >= 11 is 0. The highest BCUT2D eigenvalue weighted by Gasteiger charge is 2.17. The average Bonchev–Trinajstić information content (AvgIpc) is 2.73. The molecule has 0 bridgehead atoms. The van der Waals surface area contributed by atoms with Gasteiger partial charge in [-0.25, -0.2) is 9.37 Å². The zero-order chi connectivity index (χ0) is 20.8. The molecular formula is C21H18FN3O4. The van der Waals surface area contributed by atoms with Crippen molar-refractivity contribution in [2.45, 2.75) is 12.8 Å². The molecule has 0 aliphatic heterocycles. The van der Waals surface area contributed by atoms with Crippen molar-refractivity contribution in [1.29, 1.82) is 0 Å². The van der Waals surface area contributed by atoms with Crippen LogP contribution in [0, 0.1) is 15.9 Å². The summed E-state index contributed by atoms with van der Waals surface area (Å²) in [7, 11) is 1.44. The number of halogens is 1. The number of hydrogen-bond acceptors (Lipinski definition) is 5. The summed E-state index contributed by atoms with van der Waals surface area (Å²) in [5, 5.41) is 14.1. The Morgan fingerprint density at radius 2 is 1.93 bits per heavy atom. The maximum absolute atomic E-state index is 12.9. The van der Waals surface area contributed by atoms with Crippen LogP contribution < -0.4 is 10.1 Å². The lowest BCUT2D eigenvalue weighted by Gasteiger charge is -2.08. The van der Waals surface area contributed by atoms with Crippen molar-refractivity contribution in [3.8, 4) is 16.9 Å². The van der Waals surface area contributed by atoms with Gasteiger partial charge in [0, 0.05) is 12.6 Å². The first-order valence-electron chi connectivity index (χ1n) is 8.79. The molecule has 0 aliphatic carbocycles. The number of anilines is 1. The molecule has 7 nitrogen and oxygen atoms in total. The first-order valence-corrected chi connectivity index (χ1v) is 8.79. The van der Waals surface area contributed by atoms with Gasteiger partial charge < -0.3 is 10.1 Å². The molecule has 1 aromatic heterocycles. The van der Waals surface area contributed by atoms with E-state index in [-0.39, 0.29) is 29.7 Å². The minimum absolute atomic E-state index is 0.107. The zero-order valence-electron chi connectivity index (χ0n) is 15.6. The van der Waals surface area contributed by atoms with E-state index in [1.807, 2.05) is 0 Å². The zero-order valence-corrected chi connectivity index (χ0v) is 15.6. The highest BCUT2D eigenvalue weighted by atomic mass is 19.1. The molecule has 3 aromatic rings. The molecule has 0 atom stereocenters. The number of ether oxygens (including phenoxy) is 1. The SMILES string of the molecule is COc1ccc(-c2ccnc(NC(=O)CCc3ccc(F)cc3)c2)c([N+](=O)[O-])c1. The van der Waals surface area contributed by atoms with E-state index >= 15 is 0 Å². The van der Waals surface area contributed by atoms with Crippen molar-refractivity contribution in [2.24, 2.45) is 0 Å². The number of amides is 1. The van der Waals surface area contributed by atoms with E-state index in [1.165, 1.54) is 31.5 Å². The second-order valence-electron chi connectivity index (χ2n) is 6.24. The van der Waals surface area contributed by atoms with Crippen LogP contribution in [0.5, 0.6) is 5.75 Å². The molecule has 1 N–H and O–H groups in total. The van der Waals surface area contributed by atoms with Crippen LogP contribution in [-0.2, 0) is 11.2 Å². The van der Waals surface area contributed by atoms with E-state index in [9.17, 15) is 19.3 Å². The van der Waals surface area contributed by atoms with Gasteiger partial charge in [0.15, 0.2) is 0 Å². The fourth-order valence-electron chi connectivity index (χ4n) is 2.81. The van der Waals surface area contributed by atoms with Gasteiger partial charge in [-0.05, 0) is 53.9 Å². The van der Waals surface area contributed by atoms with E-state index < -0.39 is 4.92 Å². The fraction of sp³-hybridized carbons (Fsp3) is 0.143. The number of methoxy groups -OCH3 is 1. The predicted molar refractivity (Wildman–Crippen MR) is 106 cm³/mol. The number of nitro benzene ring substituents is 1. The molecule has 0 saturated heterocycles. The van der Waals surface area contributed by atoms with E-state index in [4.69, 9.17) is 4.74 Å². The lowest BCUT2D eigenvalue weighted by molar-refractivity contribution is -0.384. The molecular weight excluding hydrogens is 377 g/mol. The number of carbonyl (C=O) groups is 1. The number of nitro groups is 1. The van der Waals surface area contributed by atoms with Crippen molar-refractivity contribution >= 4 is 17.4 Å². The average molecular weight is 395 g/mol. The van der Waals surface area contributed by atoms with Gasteiger partial charge in [-0.1, -0.05) is 12.1 Å². The normalized spacial score (nSPS) is 10.4. The summed E-state index contributed by atoms with van der Waals surface area (Å²) in [6, 6.07) is 13.7. The summed E-state index contributed by atoms with van der Waals surface area (Å²) in [5.41, 5.74) is 1.67. The highest BCUT2D eigenvalue weighted by Crippen LogP contribution is 2.33. The van der Waals surface area contributed by atoms with Crippen LogP contribution in [-0.4, -0.2) is 22.9 Å². The van der Waals surface area contributed by atoms with Gasteiger partial charge in [0.05, 0.1) is 23.7 Å². The summed E-state index contributed by atoms with van der Waals surface area (Å²) in [4.78, 5) is 27.2. The van der Waals surface area contributed by atoms with Gasteiger partial charge in [0.25, 0.3) is 5.69 Å². The van der Waals surface area contributed by atoms with Crippen molar-refractivity contribution in [1.82, 2.24) is 4.98 Å². The third kappa shape index (κ3) is 5.13. The largest absolute Gasteiger partial charge is 0.497 e. The highest BCUT2D eigenvalue weighted by molar-refractivity contribution is 5.90. The lowest BCUT2D eigenvalue weighted by atomic mass is 10.0. The minimum atomic E-state index is -0.487. The Labute approximate surface area is 166 Å². The number of nitrogens with zero attached hydrogens (tertiary/aromatic N) is 2. The molecule has 0 aliphatic rings. The smallest absolute Gasteiger partial charge is 0.280 e. The molecule has 8 heteroatoms. The van der Waals surface area contributed by atoms with Crippen LogP contribution in [0.2, 0.25) is 0 Å². The first kappa shape index (κ1) is 19.9. The quantitative estimate of drug-likeness (QED) is 0.473. The minimum Gasteiger partial charge on any atom is -0.497 e. The van der Waals surface area contributed by atoms with E-state index in [0.717, 1.165) is 5.56 Å². The second-order valence-corrected chi connectivity index (χ2v) is 6.24. The van der Waals surface area contributed by atoms with Crippen LogP contribution in [0.1, 0.15) is 12.0 Å². The molecule has 0 spiro atoms. The maximum Gasteiger partial charge on any atom is 0.280 e. The number of benzene rings is 2. The number of aryl methyl sites for hydroxylation is 1. The standard InChI is InChI=1S/C21H18FN3O4/c1-29-17-7-8-18(19(13-17)25(27)28)15-10-11-23-20(12-15)24-21(26)9-4-14-2-5-16(22)6-3-14/h2-3,5-8,10-13H,4,9H2,1H3,(H,23,24,26). The Bertz CT molecular complexity index is 1040. The number of rotatable bonds is 7. The Balaban J connectivity index is 1.73. The third-order valence-electron chi connectivity index (χ3n) is 4.29. The number of pyridine rings is 1. The molecule has 3 rings (SSSR count). The van der Waals surface area contributed by atoms with Crippen LogP contribution in [0.4, 0.5) is 15.9 Å². The molecule has 0 saturated carbocycles. The number of carbonyl (C=O) groups excluding carboxylic acids is 1. The number of aromatic nitrogens is 1. The van der Waals surface area contributed by atoms with Gasteiger partial charge >= 0.3 is 0 Å². The maximum atomic E-state index is 12.9. The topological polar surface area (TPSA) is 94.4 Å². The third-order valence-corrected chi connectivity index (χ3v) is 4.29. The Hall–Kier alpha value is -3.81. The molecule has 29 heavy (non-hydrogen) atoms. The van der Waals surface area contributed by atoms with Crippen LogP contribution in [0.15, 0.2) is 60.8 Å². The summed E-state index contributed by atoms with van der Waals surface area (Å²) < 4.78 is 18.0. The molecule has 148 valence electrons. The first-order chi connectivity index (χ1) is 14.0. The molecule has 0 radical (unpaired) electrons. The van der Waals surface area contributed by atoms with Gasteiger partial charge in [0.1, 0.15) is 17.4 Å². The van der Waals surface area contributed by atoms with E-state index in [2.05, 4.69) is 10.3 Å². The van der Waals surface area contributed by atoms with Gasteiger partial charge in [-0.3, -0.25) is 14.9 Å². The summed E-state index contributed by atoms with van der Waals surface area (Å²) in [5.74, 6) is 0.0793. The van der Waals surface area contributed by atoms with Crippen LogP contribution in [0.3, 0.4) is 0 Å². The van der Waals surface area contributed by atoms with Crippen molar-refractivity contribution in [3.63, 3.8) is 0 Å². The molecule has 2 aromatic carbocycles. The molecule has 1 heterocycles. The fourth-order valence-corrected chi connectivity index (χ4v) is 2.81.